The second kappa shape index (κ2) is 8.07. The Morgan fingerprint density at radius 1 is 1.23 bits per heavy atom. The first-order chi connectivity index (χ1) is 12.4. The maximum Gasteiger partial charge on any atom is 0.298 e. The number of ether oxygens (including phenoxy) is 1. The highest BCUT2D eigenvalue weighted by molar-refractivity contribution is 7.14. The predicted molar refractivity (Wildman–Crippen MR) is 102 cm³/mol. The van der Waals surface area contributed by atoms with Gasteiger partial charge < -0.3 is 4.74 Å². The van der Waals surface area contributed by atoms with Crippen LogP contribution in [0, 0.1) is 6.92 Å². The molecule has 138 valence electrons. The van der Waals surface area contributed by atoms with Gasteiger partial charge in [-0.3, -0.25) is 19.8 Å². The fourth-order valence-electron chi connectivity index (χ4n) is 3.07. The molecule has 0 bridgehead atoms. The van der Waals surface area contributed by atoms with Gasteiger partial charge in [-0.25, -0.2) is 4.98 Å². The normalized spacial score (nSPS) is 20.7. The van der Waals surface area contributed by atoms with Gasteiger partial charge in [0.15, 0.2) is 5.13 Å². The van der Waals surface area contributed by atoms with Gasteiger partial charge in [0.2, 0.25) is 0 Å². The molecule has 2 heterocycles. The number of amides is 1. The number of morpholine rings is 1. The van der Waals surface area contributed by atoms with Crippen LogP contribution in [0.5, 0.6) is 0 Å². The van der Waals surface area contributed by atoms with Crippen molar-refractivity contribution in [3.63, 3.8) is 0 Å². The standard InChI is InChI=1S/C19H23N3O3S/c1-12-4-6-15(7-5-12)17(23)18(24)21-19-20-16(11-26-19)10-22-8-13(2)25-14(3)9-22/h4-7,11,13-14H,8-10H2,1-3H3,(H,20,21,24). The number of nitrogens with zero attached hydrogens (tertiary/aromatic N) is 2. The van der Waals surface area contributed by atoms with E-state index in [9.17, 15) is 9.59 Å². The summed E-state index contributed by atoms with van der Waals surface area (Å²) in [4.78, 5) is 31.1. The number of anilines is 1. The van der Waals surface area contributed by atoms with Gasteiger partial charge in [-0.2, -0.15) is 0 Å². The molecule has 2 aromatic rings. The molecule has 0 radical (unpaired) electrons. The topological polar surface area (TPSA) is 71.5 Å². The Bertz CT molecular complexity index is 778. The van der Waals surface area contributed by atoms with Gasteiger partial charge in [0, 0.05) is 30.6 Å². The molecule has 1 aromatic carbocycles. The molecule has 2 atom stereocenters. The SMILES string of the molecule is Cc1ccc(C(=O)C(=O)Nc2nc(CN3CC(C)OC(C)C3)cs2)cc1. The van der Waals surface area contributed by atoms with Gasteiger partial charge in [0.1, 0.15) is 0 Å². The van der Waals surface area contributed by atoms with Crippen LogP contribution < -0.4 is 5.32 Å². The van der Waals surface area contributed by atoms with Gasteiger partial charge >= 0.3 is 0 Å². The zero-order valence-corrected chi connectivity index (χ0v) is 16.0. The minimum absolute atomic E-state index is 0.198. The van der Waals surface area contributed by atoms with Crippen molar-refractivity contribution in [1.29, 1.82) is 0 Å². The molecule has 1 N–H and O–H groups in total. The van der Waals surface area contributed by atoms with E-state index in [2.05, 4.69) is 29.0 Å². The average Bonchev–Trinajstić information content (AvgIpc) is 3.00. The maximum atomic E-state index is 12.2. The highest BCUT2D eigenvalue weighted by Crippen LogP contribution is 2.19. The largest absolute Gasteiger partial charge is 0.373 e. The summed E-state index contributed by atoms with van der Waals surface area (Å²) in [6, 6.07) is 6.94. The van der Waals surface area contributed by atoms with Crippen LogP contribution in [0.1, 0.15) is 35.5 Å². The Balaban J connectivity index is 1.58. The molecule has 1 aliphatic rings. The molecular formula is C19H23N3O3S. The van der Waals surface area contributed by atoms with Crippen LogP contribution in [0.4, 0.5) is 5.13 Å². The van der Waals surface area contributed by atoms with Crippen molar-refractivity contribution >= 4 is 28.2 Å². The summed E-state index contributed by atoms with van der Waals surface area (Å²) in [6.07, 6.45) is 0.396. The minimum Gasteiger partial charge on any atom is -0.373 e. The summed E-state index contributed by atoms with van der Waals surface area (Å²) in [7, 11) is 0. The molecule has 0 saturated carbocycles. The molecule has 1 aliphatic heterocycles. The summed E-state index contributed by atoms with van der Waals surface area (Å²) >= 11 is 1.33. The highest BCUT2D eigenvalue weighted by atomic mass is 32.1. The number of carbonyl (C=O) groups is 2. The Kier molecular flexibility index (Phi) is 5.80. The van der Waals surface area contributed by atoms with Crippen LogP contribution in [0.3, 0.4) is 0 Å². The molecule has 1 saturated heterocycles. The van der Waals surface area contributed by atoms with Crippen LogP contribution >= 0.6 is 11.3 Å². The van der Waals surface area contributed by atoms with E-state index >= 15 is 0 Å². The second-order valence-electron chi connectivity index (χ2n) is 6.74. The first-order valence-electron chi connectivity index (χ1n) is 8.65. The summed E-state index contributed by atoms with van der Waals surface area (Å²) in [5.74, 6) is -1.22. The summed E-state index contributed by atoms with van der Waals surface area (Å²) < 4.78 is 5.73. The van der Waals surface area contributed by atoms with E-state index in [-0.39, 0.29) is 12.2 Å². The van der Waals surface area contributed by atoms with Gasteiger partial charge in [0.25, 0.3) is 11.7 Å². The lowest BCUT2D eigenvalue weighted by Gasteiger charge is -2.34. The number of hydrogen-bond donors (Lipinski definition) is 1. The Morgan fingerprint density at radius 3 is 2.54 bits per heavy atom. The number of rotatable bonds is 5. The maximum absolute atomic E-state index is 12.2. The van der Waals surface area contributed by atoms with Crippen molar-refractivity contribution < 1.29 is 14.3 Å². The van der Waals surface area contributed by atoms with Crippen LogP contribution in [0.2, 0.25) is 0 Å². The molecule has 0 aliphatic carbocycles. The van der Waals surface area contributed by atoms with Crippen molar-refractivity contribution in [1.82, 2.24) is 9.88 Å². The third-order valence-electron chi connectivity index (χ3n) is 4.17. The number of benzene rings is 1. The number of Topliss-reactive ketones (excluding diaryl/α,β-unsaturated/α-hetero) is 1. The number of ketones is 1. The highest BCUT2D eigenvalue weighted by Gasteiger charge is 2.23. The third kappa shape index (κ3) is 4.75. The monoisotopic (exact) mass is 373 g/mol. The molecule has 3 rings (SSSR count). The minimum atomic E-state index is -0.664. The lowest BCUT2D eigenvalue weighted by Crippen LogP contribution is -2.44. The number of thiazole rings is 1. The second-order valence-corrected chi connectivity index (χ2v) is 7.60. The van der Waals surface area contributed by atoms with E-state index in [4.69, 9.17) is 4.74 Å². The Morgan fingerprint density at radius 2 is 1.88 bits per heavy atom. The van der Waals surface area contributed by atoms with E-state index in [0.717, 1.165) is 24.3 Å². The van der Waals surface area contributed by atoms with E-state index in [0.29, 0.717) is 17.2 Å². The number of hydrogen-bond acceptors (Lipinski definition) is 6. The molecule has 0 spiro atoms. The molecule has 26 heavy (non-hydrogen) atoms. The third-order valence-corrected chi connectivity index (χ3v) is 4.98. The van der Waals surface area contributed by atoms with E-state index in [1.807, 2.05) is 24.4 Å². The number of carbonyl (C=O) groups excluding carboxylic acids is 2. The molecule has 7 heteroatoms. The van der Waals surface area contributed by atoms with Crippen LogP contribution in [-0.2, 0) is 16.1 Å². The van der Waals surface area contributed by atoms with Crippen molar-refractivity contribution in [2.45, 2.75) is 39.5 Å². The van der Waals surface area contributed by atoms with E-state index in [1.165, 1.54) is 11.3 Å². The molecule has 2 unspecified atom stereocenters. The van der Waals surface area contributed by atoms with Gasteiger partial charge in [-0.05, 0) is 20.8 Å². The number of aryl methyl sites for hydroxylation is 1. The predicted octanol–water partition coefficient (Wildman–Crippen LogP) is 2.88. The summed E-state index contributed by atoms with van der Waals surface area (Å²) in [6.45, 7) is 8.47. The molecular weight excluding hydrogens is 350 g/mol. The van der Waals surface area contributed by atoms with Crippen molar-refractivity contribution in [2.24, 2.45) is 0 Å². The fourth-order valence-corrected chi connectivity index (χ4v) is 3.77. The lowest BCUT2D eigenvalue weighted by molar-refractivity contribution is -0.112. The molecule has 1 aromatic heterocycles. The molecule has 1 amide bonds. The van der Waals surface area contributed by atoms with Crippen molar-refractivity contribution in [3.8, 4) is 0 Å². The summed E-state index contributed by atoms with van der Waals surface area (Å²) in [5, 5.41) is 4.96. The zero-order chi connectivity index (χ0) is 18.7. The Hall–Kier alpha value is -2.09. The van der Waals surface area contributed by atoms with Crippen LogP contribution in [0.25, 0.3) is 0 Å². The lowest BCUT2D eigenvalue weighted by atomic mass is 10.1. The zero-order valence-electron chi connectivity index (χ0n) is 15.2. The molecule has 1 fully saturated rings. The van der Waals surface area contributed by atoms with E-state index in [1.54, 1.807) is 12.1 Å². The first kappa shape index (κ1) is 18.7. The summed E-state index contributed by atoms with van der Waals surface area (Å²) in [5.41, 5.74) is 2.30. The number of nitrogens with one attached hydrogen (secondary N) is 1. The Labute approximate surface area is 157 Å². The van der Waals surface area contributed by atoms with Gasteiger partial charge in [0.05, 0.1) is 17.9 Å². The smallest absolute Gasteiger partial charge is 0.298 e. The van der Waals surface area contributed by atoms with Crippen LogP contribution in [-0.4, -0.2) is 46.9 Å². The van der Waals surface area contributed by atoms with Crippen molar-refractivity contribution in [2.75, 3.05) is 18.4 Å². The average molecular weight is 373 g/mol. The number of aromatic nitrogens is 1. The van der Waals surface area contributed by atoms with Crippen LogP contribution in [0.15, 0.2) is 29.6 Å². The van der Waals surface area contributed by atoms with E-state index < -0.39 is 11.7 Å². The van der Waals surface area contributed by atoms with Gasteiger partial charge in [-0.1, -0.05) is 29.8 Å². The van der Waals surface area contributed by atoms with Gasteiger partial charge in [-0.15, -0.1) is 11.3 Å². The molecule has 6 nitrogen and oxygen atoms in total. The first-order valence-corrected chi connectivity index (χ1v) is 9.53. The van der Waals surface area contributed by atoms with Crippen molar-refractivity contribution in [3.05, 3.63) is 46.5 Å². The quantitative estimate of drug-likeness (QED) is 0.645. The fraction of sp³-hybridized carbons (Fsp3) is 0.421.